The Bertz CT molecular complexity index is 2480. The number of nitrogens with one attached hydrogen (secondary N) is 3. The Morgan fingerprint density at radius 2 is 1.32 bits per heavy atom. The van der Waals surface area contributed by atoms with Crippen LogP contribution in [0.3, 0.4) is 0 Å². The SMILES string of the molecule is CC(Sc1cccc(NC(=O)/C(=C\c2ccc(OCc3ccccc3)cc2)NC(=O)c2ccccc2)c1)C(=O)Nc1cccc2c1C(=O)c1ccccc1C2=O. The van der Waals surface area contributed by atoms with Crippen LogP contribution in [0.5, 0.6) is 5.75 Å². The molecule has 0 aromatic heterocycles. The van der Waals surface area contributed by atoms with E-state index < -0.39 is 17.1 Å². The molecule has 0 saturated heterocycles. The smallest absolute Gasteiger partial charge is 0.272 e. The summed E-state index contributed by atoms with van der Waals surface area (Å²) in [6, 6.07) is 44.1. The summed E-state index contributed by atoms with van der Waals surface area (Å²) in [5.41, 5.74) is 3.86. The van der Waals surface area contributed by atoms with Crippen LogP contribution in [-0.2, 0) is 16.2 Å². The maximum atomic E-state index is 13.8. The van der Waals surface area contributed by atoms with Gasteiger partial charge in [0.25, 0.3) is 11.8 Å². The minimum absolute atomic E-state index is 0.0180. The number of benzene rings is 6. The second-order valence-corrected chi connectivity index (χ2v) is 14.3. The van der Waals surface area contributed by atoms with Crippen molar-refractivity contribution in [3.63, 3.8) is 0 Å². The lowest BCUT2D eigenvalue weighted by Crippen LogP contribution is -2.30. The Morgan fingerprint density at radius 3 is 2.05 bits per heavy atom. The fourth-order valence-corrected chi connectivity index (χ4v) is 7.02. The normalized spacial score (nSPS) is 12.5. The average Bonchev–Trinajstić information content (AvgIpc) is 3.23. The van der Waals surface area contributed by atoms with Crippen LogP contribution in [0.4, 0.5) is 11.4 Å². The highest BCUT2D eigenvalue weighted by molar-refractivity contribution is 8.00. The molecule has 9 nitrogen and oxygen atoms in total. The van der Waals surface area contributed by atoms with Crippen LogP contribution in [0.2, 0.25) is 0 Å². The van der Waals surface area contributed by atoms with Gasteiger partial charge in [0.15, 0.2) is 11.6 Å². The number of hydrogen-bond acceptors (Lipinski definition) is 7. The summed E-state index contributed by atoms with van der Waals surface area (Å²) in [7, 11) is 0. The van der Waals surface area contributed by atoms with Crippen molar-refractivity contribution in [2.75, 3.05) is 10.6 Å². The zero-order valence-corrected chi connectivity index (χ0v) is 31.0. The first-order valence-electron chi connectivity index (χ1n) is 17.8. The fraction of sp³-hybridized carbons (Fsp3) is 0.0652. The molecule has 7 rings (SSSR count). The Balaban J connectivity index is 1.04. The maximum absolute atomic E-state index is 13.8. The zero-order valence-electron chi connectivity index (χ0n) is 30.2. The predicted molar refractivity (Wildman–Crippen MR) is 218 cm³/mol. The molecule has 1 atom stereocenters. The number of ether oxygens (including phenoxy) is 1. The molecule has 6 aromatic carbocycles. The molecule has 1 unspecified atom stereocenters. The minimum atomic E-state index is -0.626. The first-order valence-corrected chi connectivity index (χ1v) is 18.7. The maximum Gasteiger partial charge on any atom is 0.272 e. The van der Waals surface area contributed by atoms with E-state index in [0.29, 0.717) is 45.2 Å². The van der Waals surface area contributed by atoms with Gasteiger partial charge < -0.3 is 20.7 Å². The lowest BCUT2D eigenvalue weighted by atomic mass is 9.83. The molecule has 0 bridgehead atoms. The molecule has 0 spiro atoms. The van der Waals surface area contributed by atoms with E-state index in [0.717, 1.165) is 5.56 Å². The number of carbonyl (C=O) groups is 5. The van der Waals surface area contributed by atoms with Crippen molar-refractivity contribution in [2.24, 2.45) is 0 Å². The Kier molecular flexibility index (Phi) is 11.3. The monoisotopic (exact) mass is 757 g/mol. The first kappa shape index (κ1) is 37.3. The summed E-state index contributed by atoms with van der Waals surface area (Å²) in [4.78, 5) is 67.7. The third kappa shape index (κ3) is 8.67. The highest BCUT2D eigenvalue weighted by Gasteiger charge is 2.32. The predicted octanol–water partition coefficient (Wildman–Crippen LogP) is 8.57. The zero-order chi connectivity index (χ0) is 39.0. The quantitative estimate of drug-likeness (QED) is 0.0841. The van der Waals surface area contributed by atoms with Gasteiger partial charge in [-0.05, 0) is 72.7 Å². The summed E-state index contributed by atoms with van der Waals surface area (Å²) in [6.45, 7) is 2.13. The third-order valence-corrected chi connectivity index (χ3v) is 10.0. The molecule has 0 radical (unpaired) electrons. The van der Waals surface area contributed by atoms with E-state index in [2.05, 4.69) is 16.0 Å². The first-order chi connectivity index (χ1) is 27.2. The molecule has 0 saturated carbocycles. The molecule has 0 aliphatic heterocycles. The molecule has 10 heteroatoms. The van der Waals surface area contributed by atoms with Crippen LogP contribution in [0, 0.1) is 0 Å². The fourth-order valence-electron chi connectivity index (χ4n) is 6.10. The van der Waals surface area contributed by atoms with Gasteiger partial charge in [0.05, 0.1) is 16.5 Å². The van der Waals surface area contributed by atoms with Gasteiger partial charge in [0.1, 0.15) is 18.1 Å². The number of carbonyl (C=O) groups excluding carboxylic acids is 5. The standard InChI is InChI=1S/C46H35N3O6S/c1-29(44(52)48-39-21-11-20-38-41(39)43(51)37-19-9-8-18-36(37)42(38)50)56-35-17-10-16-33(27-35)47-46(54)40(49-45(53)32-14-6-3-7-15-32)26-30-22-24-34(25-23-30)55-28-31-12-4-2-5-13-31/h2-27,29H,28H2,1H3,(H,47,54)(H,48,52)(H,49,53)/b40-26+. The second kappa shape index (κ2) is 17.0. The summed E-state index contributed by atoms with van der Waals surface area (Å²) >= 11 is 1.25. The number of ketones is 2. The van der Waals surface area contributed by atoms with Crippen LogP contribution < -0.4 is 20.7 Å². The molecule has 0 fully saturated rings. The van der Waals surface area contributed by atoms with Crippen LogP contribution >= 0.6 is 11.8 Å². The van der Waals surface area contributed by atoms with Gasteiger partial charge in [0, 0.05) is 32.8 Å². The van der Waals surface area contributed by atoms with E-state index in [-0.39, 0.29) is 40.0 Å². The number of hydrogen-bond donors (Lipinski definition) is 3. The number of thioether (sulfide) groups is 1. The molecule has 6 aromatic rings. The van der Waals surface area contributed by atoms with E-state index in [4.69, 9.17) is 4.74 Å². The number of rotatable bonds is 12. The van der Waals surface area contributed by atoms with Crippen molar-refractivity contribution in [1.29, 1.82) is 0 Å². The second-order valence-electron chi connectivity index (χ2n) is 12.9. The van der Waals surface area contributed by atoms with Crippen molar-refractivity contribution < 1.29 is 28.7 Å². The summed E-state index contributed by atoms with van der Waals surface area (Å²) in [5.74, 6) is -1.32. The molecule has 3 amide bonds. The Morgan fingerprint density at radius 1 is 0.679 bits per heavy atom. The van der Waals surface area contributed by atoms with Gasteiger partial charge in [-0.2, -0.15) is 0 Å². The molecule has 3 N–H and O–H groups in total. The van der Waals surface area contributed by atoms with Gasteiger partial charge in [0.2, 0.25) is 5.91 Å². The van der Waals surface area contributed by atoms with Crippen LogP contribution in [0.1, 0.15) is 60.3 Å². The molecule has 56 heavy (non-hydrogen) atoms. The van der Waals surface area contributed by atoms with Crippen LogP contribution in [0.25, 0.3) is 6.08 Å². The summed E-state index contributed by atoms with van der Waals surface area (Å²) < 4.78 is 5.90. The van der Waals surface area contributed by atoms with Crippen molar-refractivity contribution in [2.45, 2.75) is 23.7 Å². The lowest BCUT2D eigenvalue weighted by molar-refractivity contribution is -0.115. The van der Waals surface area contributed by atoms with Crippen molar-refractivity contribution in [1.82, 2.24) is 5.32 Å². The molecule has 1 aliphatic rings. The highest BCUT2D eigenvalue weighted by Crippen LogP contribution is 2.33. The van der Waals surface area contributed by atoms with Crippen molar-refractivity contribution in [3.05, 3.63) is 196 Å². The molecule has 0 heterocycles. The van der Waals surface area contributed by atoms with Gasteiger partial charge >= 0.3 is 0 Å². The molecule has 1 aliphatic carbocycles. The van der Waals surface area contributed by atoms with Crippen LogP contribution in [-0.4, -0.2) is 34.5 Å². The Labute approximate surface area is 327 Å². The van der Waals surface area contributed by atoms with E-state index in [9.17, 15) is 24.0 Å². The number of fused-ring (bicyclic) bond motifs is 2. The summed E-state index contributed by atoms with van der Waals surface area (Å²) in [6.07, 6.45) is 1.58. The van der Waals surface area contributed by atoms with E-state index in [1.165, 1.54) is 11.8 Å². The van der Waals surface area contributed by atoms with Gasteiger partial charge in [-0.25, -0.2) is 0 Å². The van der Waals surface area contributed by atoms with E-state index in [1.54, 1.807) is 128 Å². The number of anilines is 2. The molecular formula is C46H35N3O6S. The highest BCUT2D eigenvalue weighted by atomic mass is 32.2. The van der Waals surface area contributed by atoms with E-state index in [1.807, 2.05) is 36.4 Å². The Hall–Kier alpha value is -7.04. The van der Waals surface area contributed by atoms with Gasteiger partial charge in [-0.3, -0.25) is 24.0 Å². The minimum Gasteiger partial charge on any atom is -0.489 e. The third-order valence-electron chi connectivity index (χ3n) is 8.95. The summed E-state index contributed by atoms with van der Waals surface area (Å²) in [5, 5.41) is 7.85. The lowest BCUT2D eigenvalue weighted by Gasteiger charge is -2.21. The molecule has 276 valence electrons. The van der Waals surface area contributed by atoms with E-state index >= 15 is 0 Å². The van der Waals surface area contributed by atoms with Crippen molar-refractivity contribution in [3.8, 4) is 5.75 Å². The van der Waals surface area contributed by atoms with Gasteiger partial charge in [-0.15, -0.1) is 11.8 Å². The van der Waals surface area contributed by atoms with Crippen molar-refractivity contribution >= 4 is 58.5 Å². The number of amides is 3. The van der Waals surface area contributed by atoms with Crippen LogP contribution in [0.15, 0.2) is 162 Å². The largest absolute Gasteiger partial charge is 0.489 e. The van der Waals surface area contributed by atoms with Gasteiger partial charge in [-0.1, -0.05) is 103 Å². The average molecular weight is 758 g/mol. The topological polar surface area (TPSA) is 131 Å². The molecular weight excluding hydrogens is 723 g/mol.